The van der Waals surface area contributed by atoms with Crippen LogP contribution < -0.4 is 15.4 Å². The van der Waals surface area contributed by atoms with Gasteiger partial charge >= 0.3 is 12.2 Å². The van der Waals surface area contributed by atoms with E-state index in [2.05, 4.69) is 9.97 Å². The smallest absolute Gasteiger partial charge is 0.417 e. The lowest BCUT2D eigenvalue weighted by molar-refractivity contribution is -0.137. The number of nitriles is 1. The van der Waals surface area contributed by atoms with Crippen molar-refractivity contribution in [1.82, 2.24) is 14.9 Å². The lowest BCUT2D eigenvalue weighted by atomic mass is 9.92. The van der Waals surface area contributed by atoms with E-state index in [-0.39, 0.29) is 69.0 Å². The second-order valence-corrected chi connectivity index (χ2v) is 14.3. The van der Waals surface area contributed by atoms with Gasteiger partial charge < -0.3 is 15.4 Å². The Balaban J connectivity index is 1.47. The van der Waals surface area contributed by atoms with Gasteiger partial charge in [0.2, 0.25) is 0 Å². The van der Waals surface area contributed by atoms with Crippen molar-refractivity contribution >= 4 is 54.9 Å². The van der Waals surface area contributed by atoms with Gasteiger partial charge in [0, 0.05) is 53.4 Å². The average Bonchev–Trinajstić information content (AvgIpc) is 3.65. The van der Waals surface area contributed by atoms with Crippen LogP contribution in [0, 0.1) is 23.0 Å². The van der Waals surface area contributed by atoms with E-state index in [1.165, 1.54) is 0 Å². The summed E-state index contributed by atoms with van der Waals surface area (Å²) in [7, 11) is 0. The van der Waals surface area contributed by atoms with Crippen LogP contribution in [0.4, 0.5) is 37.2 Å². The number of ether oxygens (including phenoxy) is 1. The molecule has 46 heavy (non-hydrogen) atoms. The van der Waals surface area contributed by atoms with Crippen LogP contribution in [0.5, 0.6) is 6.01 Å². The molecule has 7 nitrogen and oxygen atoms in total. The second kappa shape index (κ2) is 11.3. The molecule has 3 aliphatic rings. The lowest BCUT2D eigenvalue weighted by Gasteiger charge is -2.35. The predicted octanol–water partition coefficient (Wildman–Crippen LogP) is 7.16. The summed E-state index contributed by atoms with van der Waals surface area (Å²) in [4.78, 5) is 12.7. The molecule has 0 saturated carbocycles. The Hall–Kier alpha value is -3.48. The number of halogens is 6. The molecule has 15 heteroatoms. The summed E-state index contributed by atoms with van der Waals surface area (Å²) in [5, 5.41) is 9.31. The molecule has 0 amide bonds. The van der Waals surface area contributed by atoms with E-state index in [9.17, 15) is 27.2 Å². The van der Waals surface area contributed by atoms with Crippen LogP contribution in [0.3, 0.4) is 0 Å². The molecule has 3 atom stereocenters. The Morgan fingerprint density at radius 2 is 2.02 bits per heavy atom. The van der Waals surface area contributed by atoms with Crippen molar-refractivity contribution in [2.24, 2.45) is 0 Å². The van der Waals surface area contributed by atoms with Crippen molar-refractivity contribution in [2.45, 2.75) is 50.1 Å². The van der Waals surface area contributed by atoms with Gasteiger partial charge in [0.15, 0.2) is 5.82 Å². The van der Waals surface area contributed by atoms with Crippen LogP contribution in [0.2, 0.25) is 0 Å². The van der Waals surface area contributed by atoms with Gasteiger partial charge in [0.05, 0.1) is 21.4 Å². The van der Waals surface area contributed by atoms with Gasteiger partial charge in [-0.1, -0.05) is 6.07 Å². The van der Waals surface area contributed by atoms with Gasteiger partial charge in [-0.25, -0.2) is 13.2 Å². The van der Waals surface area contributed by atoms with Crippen LogP contribution in [-0.4, -0.2) is 70.4 Å². The highest BCUT2D eigenvalue weighted by Gasteiger charge is 2.49. The first kappa shape index (κ1) is 31.1. The fourth-order valence-electron chi connectivity index (χ4n) is 7.16. The topological polar surface area (TPSA) is 91.3 Å². The number of benzene rings is 2. The number of thioether (sulfide) groups is 1. The maximum Gasteiger partial charge on any atom is 0.417 e. The van der Waals surface area contributed by atoms with E-state index < -0.39 is 46.2 Å². The molecule has 0 spiro atoms. The molecule has 0 radical (unpaired) electrons. The number of hydrogen-bond acceptors (Lipinski definition) is 9. The average molecular weight is 679 g/mol. The number of nitrogen functional groups attached to an aromatic ring is 1. The van der Waals surface area contributed by atoms with Crippen molar-refractivity contribution in [3.05, 3.63) is 41.0 Å². The lowest BCUT2D eigenvalue weighted by Crippen LogP contribution is -2.44. The quantitative estimate of drug-likeness (QED) is 0.223. The molecule has 2 aromatic carbocycles. The van der Waals surface area contributed by atoms with E-state index in [0.717, 1.165) is 31.2 Å². The summed E-state index contributed by atoms with van der Waals surface area (Å²) >= 11 is 2.39. The minimum atomic E-state index is -5.05. The Morgan fingerprint density at radius 1 is 1.22 bits per heavy atom. The number of nitrogens with zero attached hydrogens (tertiary/aromatic N) is 5. The molecule has 2 aromatic heterocycles. The third-order valence-corrected chi connectivity index (χ3v) is 11.5. The number of aromatic nitrogens is 2. The fourth-order valence-corrected chi connectivity index (χ4v) is 9.12. The normalized spacial score (nSPS) is 23.7. The first-order chi connectivity index (χ1) is 21.9. The summed E-state index contributed by atoms with van der Waals surface area (Å²) < 4.78 is 96.6. The van der Waals surface area contributed by atoms with Crippen LogP contribution >= 0.6 is 23.1 Å². The largest absolute Gasteiger partial charge is 0.461 e. The van der Waals surface area contributed by atoms with Crippen LogP contribution in [0.1, 0.15) is 37.3 Å². The summed E-state index contributed by atoms with van der Waals surface area (Å²) in [6.07, 6.45) is -4.22. The molecule has 0 bridgehead atoms. The van der Waals surface area contributed by atoms with Crippen LogP contribution in [-0.2, 0) is 6.18 Å². The highest BCUT2D eigenvalue weighted by Crippen LogP contribution is 2.48. The molecule has 3 aliphatic heterocycles. The highest BCUT2D eigenvalue weighted by molar-refractivity contribution is 7.99. The SMILES string of the molecule is CC1CSCCN1c1nc(OCC23CCCN2CC(F)C3)nc2c(F)c(-c3ccc(F)c4sc(N)c(C#N)c34)c(C(F)(F)F)cc12. The number of hydrogen-bond donors (Lipinski definition) is 1. The zero-order chi connectivity index (χ0) is 32.5. The number of anilines is 2. The Labute approximate surface area is 268 Å². The predicted molar refractivity (Wildman–Crippen MR) is 167 cm³/mol. The third-order valence-electron chi connectivity index (χ3n) is 9.27. The van der Waals surface area contributed by atoms with E-state index in [4.69, 9.17) is 10.5 Å². The number of thiophene rings is 1. The van der Waals surface area contributed by atoms with Crippen molar-refractivity contribution in [3.63, 3.8) is 0 Å². The standard InChI is InChI=1S/C31H28F6N6OS2/c1-15-13-45-8-7-43(15)28-18-9-20(31(35,36)37)23(17-3-4-21(33)26-22(17)19(11-38)27(39)46-26)24(34)25(18)40-29(41-28)44-14-30-5-2-6-42(30)12-16(32)10-30/h3-4,9,15-16H,2,5-8,10,12-14,39H2,1H3. The zero-order valence-electron chi connectivity index (χ0n) is 24.6. The molecule has 4 aromatic rings. The molecule has 7 rings (SSSR count). The van der Waals surface area contributed by atoms with Crippen molar-refractivity contribution in [1.29, 1.82) is 5.26 Å². The van der Waals surface area contributed by atoms with E-state index in [0.29, 0.717) is 35.8 Å². The first-order valence-corrected chi connectivity index (χ1v) is 16.8. The van der Waals surface area contributed by atoms with Gasteiger partial charge in [-0.2, -0.15) is 40.2 Å². The Kier molecular flexibility index (Phi) is 7.68. The fraction of sp³-hybridized carbons (Fsp3) is 0.452. The van der Waals surface area contributed by atoms with E-state index in [1.54, 1.807) is 11.8 Å². The molecule has 3 saturated heterocycles. The molecule has 3 fully saturated rings. The summed E-state index contributed by atoms with van der Waals surface area (Å²) in [6.45, 7) is 3.40. The molecule has 5 heterocycles. The number of rotatable bonds is 5. The Morgan fingerprint density at radius 3 is 2.76 bits per heavy atom. The summed E-state index contributed by atoms with van der Waals surface area (Å²) in [5.74, 6) is -0.662. The van der Waals surface area contributed by atoms with E-state index in [1.807, 2.05) is 22.8 Å². The Bertz CT molecular complexity index is 1910. The van der Waals surface area contributed by atoms with Gasteiger partial charge in [-0.05, 0) is 44.0 Å². The van der Waals surface area contributed by atoms with Gasteiger partial charge in [-0.15, -0.1) is 11.3 Å². The zero-order valence-corrected chi connectivity index (χ0v) is 26.2. The number of alkyl halides is 4. The van der Waals surface area contributed by atoms with E-state index >= 15 is 4.39 Å². The maximum atomic E-state index is 16.9. The van der Waals surface area contributed by atoms with Crippen LogP contribution in [0.15, 0.2) is 18.2 Å². The minimum Gasteiger partial charge on any atom is -0.461 e. The number of fused-ring (bicyclic) bond motifs is 3. The maximum absolute atomic E-state index is 16.9. The molecular weight excluding hydrogens is 651 g/mol. The molecule has 242 valence electrons. The number of nitrogens with two attached hydrogens (primary N) is 1. The van der Waals surface area contributed by atoms with Crippen LogP contribution in [0.25, 0.3) is 32.1 Å². The summed E-state index contributed by atoms with van der Waals surface area (Å²) in [5.41, 5.74) is 2.18. The highest BCUT2D eigenvalue weighted by atomic mass is 32.2. The molecule has 3 unspecified atom stereocenters. The first-order valence-electron chi connectivity index (χ1n) is 14.8. The second-order valence-electron chi connectivity index (χ2n) is 12.1. The van der Waals surface area contributed by atoms with Crippen molar-refractivity contribution < 1.29 is 31.1 Å². The molecule has 2 N–H and O–H groups in total. The monoisotopic (exact) mass is 678 g/mol. The minimum absolute atomic E-state index is 0.0389. The third kappa shape index (κ3) is 5.00. The summed E-state index contributed by atoms with van der Waals surface area (Å²) in [6, 6.07) is 4.23. The van der Waals surface area contributed by atoms with Crippen molar-refractivity contribution in [2.75, 3.05) is 48.4 Å². The van der Waals surface area contributed by atoms with Gasteiger partial charge in [0.25, 0.3) is 0 Å². The van der Waals surface area contributed by atoms with Crippen molar-refractivity contribution in [3.8, 4) is 23.2 Å². The van der Waals surface area contributed by atoms with Gasteiger partial charge in [0.1, 0.15) is 41.0 Å². The van der Waals surface area contributed by atoms with Gasteiger partial charge in [-0.3, -0.25) is 4.90 Å². The molecular formula is C31H28F6N6OS2. The molecule has 0 aliphatic carbocycles.